The molecule has 2 N–H and O–H groups in total. The number of amides is 1. The summed E-state index contributed by atoms with van der Waals surface area (Å²) in [5, 5.41) is 18.5. The number of likely N-dealkylation sites (tertiary alicyclic amines) is 1. The van der Waals surface area contributed by atoms with Gasteiger partial charge in [0.2, 0.25) is 0 Å². The minimum atomic E-state index is -1.21. The largest absolute Gasteiger partial charge is 0.480 e. The Kier molecular flexibility index (Phi) is 3.86. The summed E-state index contributed by atoms with van der Waals surface area (Å²) in [5.74, 6) is -2.67. The van der Waals surface area contributed by atoms with Crippen LogP contribution in [0.15, 0.2) is 22.7 Å². The van der Waals surface area contributed by atoms with Crippen molar-refractivity contribution in [2.45, 2.75) is 18.6 Å². The van der Waals surface area contributed by atoms with Crippen LogP contribution in [0.3, 0.4) is 0 Å². The summed E-state index contributed by atoms with van der Waals surface area (Å²) in [7, 11) is 0. The Balaban J connectivity index is 2.30. The molecule has 102 valence electrons. The smallest absolute Gasteiger partial charge is 0.326 e. The van der Waals surface area contributed by atoms with E-state index in [1.165, 1.54) is 12.1 Å². The minimum absolute atomic E-state index is 0.0424. The molecule has 1 aliphatic heterocycles. The van der Waals surface area contributed by atoms with Crippen molar-refractivity contribution in [2.24, 2.45) is 0 Å². The first-order chi connectivity index (χ1) is 8.90. The number of β-amino-alcohol motifs (C(OH)–C–C–N with tert-alkyl or cyclic N) is 1. The monoisotopic (exact) mass is 331 g/mol. The lowest BCUT2D eigenvalue weighted by Gasteiger charge is -2.21. The molecule has 7 heteroatoms. The molecule has 0 aromatic heterocycles. The van der Waals surface area contributed by atoms with Gasteiger partial charge in [-0.3, -0.25) is 4.79 Å². The zero-order valence-electron chi connectivity index (χ0n) is 9.72. The van der Waals surface area contributed by atoms with E-state index in [2.05, 4.69) is 15.9 Å². The van der Waals surface area contributed by atoms with Gasteiger partial charge in [-0.05, 0) is 18.2 Å². The summed E-state index contributed by atoms with van der Waals surface area (Å²) in [6.07, 6.45) is -0.942. The summed E-state index contributed by atoms with van der Waals surface area (Å²) in [6, 6.07) is 2.80. The van der Waals surface area contributed by atoms with Gasteiger partial charge in [-0.1, -0.05) is 15.9 Å². The average Bonchev–Trinajstić information content (AvgIpc) is 2.70. The van der Waals surface area contributed by atoms with E-state index in [1.54, 1.807) is 0 Å². The second kappa shape index (κ2) is 5.26. The van der Waals surface area contributed by atoms with Gasteiger partial charge >= 0.3 is 5.97 Å². The van der Waals surface area contributed by atoms with Gasteiger partial charge in [0.05, 0.1) is 11.7 Å². The van der Waals surface area contributed by atoms with E-state index < -0.39 is 29.8 Å². The maximum atomic E-state index is 13.7. The highest BCUT2D eigenvalue weighted by Crippen LogP contribution is 2.23. The van der Waals surface area contributed by atoms with Gasteiger partial charge in [0.1, 0.15) is 11.9 Å². The van der Waals surface area contributed by atoms with Gasteiger partial charge < -0.3 is 15.1 Å². The summed E-state index contributed by atoms with van der Waals surface area (Å²) < 4.78 is 14.2. The number of aliphatic hydroxyl groups is 1. The van der Waals surface area contributed by atoms with Crippen LogP contribution in [0.2, 0.25) is 0 Å². The molecule has 2 rings (SSSR count). The fraction of sp³-hybridized carbons (Fsp3) is 0.333. The Labute approximate surface area is 116 Å². The van der Waals surface area contributed by atoms with Crippen molar-refractivity contribution in [3.05, 3.63) is 34.1 Å². The van der Waals surface area contributed by atoms with Crippen molar-refractivity contribution in [1.29, 1.82) is 0 Å². The van der Waals surface area contributed by atoms with Crippen LogP contribution in [0.4, 0.5) is 4.39 Å². The standard InChI is InChI=1S/C12H11BrFNO4/c13-6-1-2-8(9(14)3-6)11(17)15-5-7(16)4-10(15)12(18)19/h1-3,7,10,16H,4-5H2,(H,18,19)/t7-,10+/m1/s1. The summed E-state index contributed by atoms with van der Waals surface area (Å²) in [6.45, 7) is -0.106. The molecule has 2 atom stereocenters. The van der Waals surface area contributed by atoms with Crippen LogP contribution in [-0.2, 0) is 4.79 Å². The van der Waals surface area contributed by atoms with Gasteiger partial charge in [-0.2, -0.15) is 0 Å². The van der Waals surface area contributed by atoms with Gasteiger partial charge in [-0.25, -0.2) is 9.18 Å². The van der Waals surface area contributed by atoms with E-state index in [4.69, 9.17) is 5.11 Å². The van der Waals surface area contributed by atoms with Crippen LogP contribution in [-0.4, -0.2) is 45.7 Å². The molecule has 0 aliphatic carbocycles. The number of hydrogen-bond donors (Lipinski definition) is 2. The maximum Gasteiger partial charge on any atom is 0.326 e. The van der Waals surface area contributed by atoms with E-state index in [0.29, 0.717) is 4.47 Å². The predicted octanol–water partition coefficient (Wildman–Crippen LogP) is 1.25. The molecular formula is C12H11BrFNO4. The average molecular weight is 332 g/mol. The molecule has 1 heterocycles. The topological polar surface area (TPSA) is 77.8 Å². The van der Waals surface area contributed by atoms with Gasteiger partial charge in [0, 0.05) is 17.4 Å². The van der Waals surface area contributed by atoms with Crippen LogP contribution in [0, 0.1) is 5.82 Å². The summed E-state index contributed by atoms with van der Waals surface area (Å²) in [4.78, 5) is 24.1. The number of benzene rings is 1. The molecule has 19 heavy (non-hydrogen) atoms. The lowest BCUT2D eigenvalue weighted by Crippen LogP contribution is -2.40. The zero-order chi connectivity index (χ0) is 14.2. The number of aliphatic hydroxyl groups excluding tert-OH is 1. The number of carboxylic acid groups (broad SMARTS) is 1. The van der Waals surface area contributed by atoms with Crippen LogP contribution >= 0.6 is 15.9 Å². The van der Waals surface area contributed by atoms with Crippen molar-refractivity contribution in [2.75, 3.05) is 6.54 Å². The van der Waals surface area contributed by atoms with Crippen molar-refractivity contribution >= 4 is 27.8 Å². The molecule has 0 saturated carbocycles. The lowest BCUT2D eigenvalue weighted by atomic mass is 10.1. The number of carbonyl (C=O) groups excluding carboxylic acids is 1. The molecule has 0 spiro atoms. The Morgan fingerprint density at radius 3 is 2.68 bits per heavy atom. The highest BCUT2D eigenvalue weighted by atomic mass is 79.9. The third-order valence-electron chi connectivity index (χ3n) is 2.99. The second-order valence-corrected chi connectivity index (χ2v) is 5.24. The summed E-state index contributed by atoms with van der Waals surface area (Å²) >= 11 is 3.07. The molecule has 1 amide bonds. The molecular weight excluding hydrogens is 321 g/mol. The Hall–Kier alpha value is -1.47. The van der Waals surface area contributed by atoms with E-state index in [1.807, 2.05) is 0 Å². The fourth-order valence-corrected chi connectivity index (χ4v) is 2.42. The van der Waals surface area contributed by atoms with Crippen LogP contribution in [0.25, 0.3) is 0 Å². The second-order valence-electron chi connectivity index (χ2n) is 4.33. The van der Waals surface area contributed by atoms with Crippen LogP contribution in [0.1, 0.15) is 16.8 Å². The SMILES string of the molecule is O=C(O)[C@@H]1C[C@@H](O)CN1C(=O)c1ccc(Br)cc1F. The number of halogens is 2. The Bertz CT molecular complexity index is 536. The number of nitrogens with zero attached hydrogens (tertiary/aromatic N) is 1. The number of carbonyl (C=O) groups is 2. The molecule has 1 saturated heterocycles. The molecule has 0 unspecified atom stereocenters. The quantitative estimate of drug-likeness (QED) is 0.854. The molecule has 1 aromatic carbocycles. The van der Waals surface area contributed by atoms with E-state index in [-0.39, 0.29) is 18.5 Å². The van der Waals surface area contributed by atoms with E-state index in [0.717, 1.165) is 11.0 Å². The van der Waals surface area contributed by atoms with E-state index in [9.17, 15) is 19.1 Å². The Morgan fingerprint density at radius 1 is 1.42 bits per heavy atom. The van der Waals surface area contributed by atoms with Crippen molar-refractivity contribution in [3.63, 3.8) is 0 Å². The lowest BCUT2D eigenvalue weighted by molar-refractivity contribution is -0.141. The molecule has 1 aromatic rings. The first kappa shape index (κ1) is 14.0. The van der Waals surface area contributed by atoms with Crippen LogP contribution in [0.5, 0.6) is 0 Å². The molecule has 0 bridgehead atoms. The third-order valence-corrected chi connectivity index (χ3v) is 3.48. The third kappa shape index (κ3) is 2.76. The molecule has 0 radical (unpaired) electrons. The summed E-state index contributed by atoms with van der Waals surface area (Å²) in [5.41, 5.74) is -0.205. The highest BCUT2D eigenvalue weighted by Gasteiger charge is 2.39. The van der Waals surface area contributed by atoms with Gasteiger partial charge in [0.15, 0.2) is 0 Å². The fourth-order valence-electron chi connectivity index (χ4n) is 2.09. The molecule has 1 fully saturated rings. The molecule has 1 aliphatic rings. The Morgan fingerprint density at radius 2 is 2.11 bits per heavy atom. The zero-order valence-corrected chi connectivity index (χ0v) is 11.3. The van der Waals surface area contributed by atoms with Gasteiger partial charge in [-0.15, -0.1) is 0 Å². The maximum absolute atomic E-state index is 13.7. The highest BCUT2D eigenvalue weighted by molar-refractivity contribution is 9.10. The minimum Gasteiger partial charge on any atom is -0.480 e. The molecule has 5 nitrogen and oxygen atoms in total. The number of hydrogen-bond acceptors (Lipinski definition) is 3. The first-order valence-corrected chi connectivity index (χ1v) is 6.36. The van der Waals surface area contributed by atoms with Gasteiger partial charge in [0.25, 0.3) is 5.91 Å². The number of aliphatic carboxylic acids is 1. The van der Waals surface area contributed by atoms with E-state index >= 15 is 0 Å². The number of rotatable bonds is 2. The van der Waals surface area contributed by atoms with Crippen LogP contribution < -0.4 is 0 Å². The van der Waals surface area contributed by atoms with Crippen molar-refractivity contribution < 1.29 is 24.2 Å². The van der Waals surface area contributed by atoms with Crippen molar-refractivity contribution in [1.82, 2.24) is 4.90 Å². The number of carboxylic acids is 1. The normalized spacial score (nSPS) is 22.6. The predicted molar refractivity (Wildman–Crippen MR) is 67.2 cm³/mol. The van der Waals surface area contributed by atoms with Crippen molar-refractivity contribution in [3.8, 4) is 0 Å². The first-order valence-electron chi connectivity index (χ1n) is 5.57.